The summed E-state index contributed by atoms with van der Waals surface area (Å²) in [4.78, 5) is 3.98. The molecule has 0 aromatic carbocycles. The first-order valence-electron chi connectivity index (χ1n) is 5.85. The van der Waals surface area contributed by atoms with Crippen molar-refractivity contribution in [3.8, 4) is 0 Å². The first-order chi connectivity index (χ1) is 8.09. The standard InChI is InChI=1S/C11H17Cl2N3O/c1-16-8(10(12)15-11(16)13)6-14-5-7-3-2-4-9(7)17/h7,9,14,17H,2-6H2,1H3/t7-,9+/m1/s1. The lowest BCUT2D eigenvalue weighted by Gasteiger charge is -2.15. The van der Waals surface area contributed by atoms with Crippen LogP contribution in [0.4, 0.5) is 0 Å². The lowest BCUT2D eigenvalue weighted by Crippen LogP contribution is -2.28. The molecule has 4 nitrogen and oxygen atoms in total. The van der Waals surface area contributed by atoms with E-state index in [1.54, 1.807) is 4.57 Å². The Morgan fingerprint density at radius 3 is 2.76 bits per heavy atom. The highest BCUT2D eigenvalue weighted by molar-refractivity contribution is 6.32. The largest absolute Gasteiger partial charge is 0.393 e. The summed E-state index contributed by atoms with van der Waals surface area (Å²) in [6.45, 7) is 1.43. The van der Waals surface area contributed by atoms with Crippen molar-refractivity contribution in [1.82, 2.24) is 14.9 Å². The van der Waals surface area contributed by atoms with Gasteiger partial charge in [-0.25, -0.2) is 4.98 Å². The molecular weight excluding hydrogens is 261 g/mol. The molecule has 1 fully saturated rings. The number of nitrogens with one attached hydrogen (secondary N) is 1. The monoisotopic (exact) mass is 277 g/mol. The smallest absolute Gasteiger partial charge is 0.204 e. The van der Waals surface area contributed by atoms with Crippen LogP contribution in [-0.4, -0.2) is 27.3 Å². The molecule has 0 radical (unpaired) electrons. The Morgan fingerprint density at radius 1 is 1.47 bits per heavy atom. The molecule has 0 spiro atoms. The van der Waals surface area contributed by atoms with Crippen LogP contribution < -0.4 is 5.32 Å². The van der Waals surface area contributed by atoms with Gasteiger partial charge in [0.2, 0.25) is 5.28 Å². The van der Waals surface area contributed by atoms with Gasteiger partial charge in [0.15, 0.2) is 5.15 Å². The molecule has 0 amide bonds. The molecule has 2 rings (SSSR count). The van der Waals surface area contributed by atoms with Crippen molar-refractivity contribution in [2.75, 3.05) is 6.54 Å². The van der Waals surface area contributed by atoms with E-state index in [-0.39, 0.29) is 6.10 Å². The Hall–Kier alpha value is -0.290. The third kappa shape index (κ3) is 2.94. The lowest BCUT2D eigenvalue weighted by atomic mass is 10.1. The maximum absolute atomic E-state index is 9.69. The number of imidazole rings is 1. The molecular formula is C11H17Cl2N3O. The number of aromatic nitrogens is 2. The van der Waals surface area contributed by atoms with Gasteiger partial charge in [-0.3, -0.25) is 0 Å². The van der Waals surface area contributed by atoms with Crippen LogP contribution in [0.15, 0.2) is 0 Å². The van der Waals surface area contributed by atoms with Crippen LogP contribution in [0.2, 0.25) is 10.4 Å². The van der Waals surface area contributed by atoms with Crippen LogP contribution in [0.3, 0.4) is 0 Å². The van der Waals surface area contributed by atoms with Gasteiger partial charge in [-0.05, 0) is 30.4 Å². The lowest BCUT2D eigenvalue weighted by molar-refractivity contribution is 0.131. The second-order valence-corrected chi connectivity index (χ2v) is 5.26. The fourth-order valence-electron chi connectivity index (χ4n) is 2.29. The molecule has 0 unspecified atom stereocenters. The Morgan fingerprint density at radius 2 is 2.24 bits per heavy atom. The molecule has 96 valence electrons. The third-order valence-corrected chi connectivity index (χ3v) is 4.07. The summed E-state index contributed by atoms with van der Waals surface area (Å²) < 4.78 is 1.77. The number of hydrogen-bond donors (Lipinski definition) is 2. The summed E-state index contributed by atoms with van der Waals surface area (Å²) in [5, 5.41) is 13.8. The normalized spacial score (nSPS) is 24.5. The minimum atomic E-state index is -0.159. The zero-order chi connectivity index (χ0) is 12.4. The van der Waals surface area contributed by atoms with Crippen molar-refractivity contribution in [3.05, 3.63) is 16.1 Å². The average Bonchev–Trinajstić information content (AvgIpc) is 2.78. The first kappa shape index (κ1) is 13.1. The fraction of sp³-hybridized carbons (Fsp3) is 0.727. The van der Waals surface area contributed by atoms with Crippen molar-refractivity contribution >= 4 is 23.2 Å². The fourth-order valence-corrected chi connectivity index (χ4v) is 2.80. The molecule has 0 saturated heterocycles. The van der Waals surface area contributed by atoms with E-state index >= 15 is 0 Å². The number of aliphatic hydroxyl groups is 1. The summed E-state index contributed by atoms with van der Waals surface area (Å²) >= 11 is 11.8. The van der Waals surface area contributed by atoms with Gasteiger partial charge >= 0.3 is 0 Å². The van der Waals surface area contributed by atoms with Gasteiger partial charge < -0.3 is 15.0 Å². The van der Waals surface area contributed by atoms with Crippen LogP contribution >= 0.6 is 23.2 Å². The third-order valence-electron chi connectivity index (χ3n) is 3.43. The van der Waals surface area contributed by atoms with Crippen LogP contribution in [0.5, 0.6) is 0 Å². The van der Waals surface area contributed by atoms with E-state index in [2.05, 4.69) is 10.3 Å². The Bertz CT molecular complexity index is 394. The van der Waals surface area contributed by atoms with Gasteiger partial charge in [-0.2, -0.15) is 0 Å². The first-order valence-corrected chi connectivity index (χ1v) is 6.60. The number of nitrogens with zero attached hydrogens (tertiary/aromatic N) is 2. The molecule has 1 aromatic heterocycles. The molecule has 0 aliphatic heterocycles. The summed E-state index contributed by atoms with van der Waals surface area (Å²) in [7, 11) is 1.84. The highest BCUT2D eigenvalue weighted by Crippen LogP contribution is 2.25. The van der Waals surface area contributed by atoms with Gasteiger partial charge in [0, 0.05) is 20.1 Å². The van der Waals surface area contributed by atoms with E-state index in [9.17, 15) is 5.11 Å². The molecule has 0 bridgehead atoms. The number of halogens is 2. The molecule has 1 aliphatic carbocycles. The topological polar surface area (TPSA) is 50.1 Å². The molecule has 2 N–H and O–H groups in total. The van der Waals surface area contributed by atoms with E-state index in [1.807, 2.05) is 7.05 Å². The van der Waals surface area contributed by atoms with E-state index in [0.29, 0.717) is 22.9 Å². The van der Waals surface area contributed by atoms with E-state index < -0.39 is 0 Å². The second kappa shape index (κ2) is 5.57. The van der Waals surface area contributed by atoms with Crippen molar-refractivity contribution in [2.24, 2.45) is 13.0 Å². The molecule has 1 aliphatic rings. The zero-order valence-corrected chi connectivity index (χ0v) is 11.3. The predicted molar refractivity (Wildman–Crippen MR) is 68.3 cm³/mol. The minimum absolute atomic E-state index is 0.159. The van der Waals surface area contributed by atoms with Gasteiger partial charge in [-0.1, -0.05) is 18.0 Å². The second-order valence-electron chi connectivity index (χ2n) is 4.57. The van der Waals surface area contributed by atoms with Crippen molar-refractivity contribution in [2.45, 2.75) is 31.9 Å². The van der Waals surface area contributed by atoms with Gasteiger partial charge in [0.1, 0.15) is 0 Å². The quantitative estimate of drug-likeness (QED) is 0.885. The molecule has 1 aromatic rings. The maximum atomic E-state index is 9.69. The van der Waals surface area contributed by atoms with Crippen LogP contribution in [0.25, 0.3) is 0 Å². The molecule has 1 heterocycles. The molecule has 6 heteroatoms. The summed E-state index contributed by atoms with van der Waals surface area (Å²) in [5.74, 6) is 0.359. The number of hydrogen-bond acceptors (Lipinski definition) is 3. The Labute approximate surface area is 111 Å². The minimum Gasteiger partial charge on any atom is -0.393 e. The Balaban J connectivity index is 1.85. The number of rotatable bonds is 4. The summed E-state index contributed by atoms with van der Waals surface area (Å²) in [6.07, 6.45) is 2.97. The predicted octanol–water partition coefficient (Wildman–Crippen LogP) is 1.98. The van der Waals surface area contributed by atoms with Gasteiger partial charge in [-0.15, -0.1) is 0 Å². The summed E-state index contributed by atoms with van der Waals surface area (Å²) in [5.41, 5.74) is 0.879. The molecule has 2 atom stereocenters. The van der Waals surface area contributed by atoms with Gasteiger partial charge in [0.25, 0.3) is 0 Å². The van der Waals surface area contributed by atoms with E-state index in [1.165, 1.54) is 0 Å². The van der Waals surface area contributed by atoms with E-state index in [0.717, 1.165) is 31.5 Å². The van der Waals surface area contributed by atoms with E-state index in [4.69, 9.17) is 23.2 Å². The summed E-state index contributed by atoms with van der Waals surface area (Å²) in [6, 6.07) is 0. The van der Waals surface area contributed by atoms with Crippen LogP contribution in [0, 0.1) is 5.92 Å². The molecule has 1 saturated carbocycles. The SMILES string of the molecule is Cn1c(Cl)nc(Cl)c1CNC[C@H]1CCC[C@@H]1O. The van der Waals surface area contributed by atoms with Crippen molar-refractivity contribution < 1.29 is 5.11 Å². The zero-order valence-electron chi connectivity index (χ0n) is 9.79. The highest BCUT2D eigenvalue weighted by atomic mass is 35.5. The van der Waals surface area contributed by atoms with Crippen LogP contribution in [0.1, 0.15) is 25.0 Å². The maximum Gasteiger partial charge on any atom is 0.204 e. The average molecular weight is 278 g/mol. The number of aliphatic hydroxyl groups excluding tert-OH is 1. The molecule has 17 heavy (non-hydrogen) atoms. The van der Waals surface area contributed by atoms with Crippen LogP contribution in [-0.2, 0) is 13.6 Å². The highest BCUT2D eigenvalue weighted by Gasteiger charge is 2.24. The van der Waals surface area contributed by atoms with Gasteiger partial charge in [0.05, 0.1) is 11.8 Å². The van der Waals surface area contributed by atoms with Crippen molar-refractivity contribution in [3.63, 3.8) is 0 Å². The Kier molecular flexibility index (Phi) is 4.31. The van der Waals surface area contributed by atoms with Crippen molar-refractivity contribution in [1.29, 1.82) is 0 Å².